The second kappa shape index (κ2) is 10.8. The first-order valence-electron chi connectivity index (χ1n) is 12.1. The molecule has 11 heteroatoms. The molecule has 1 unspecified atom stereocenters. The lowest BCUT2D eigenvalue weighted by atomic mass is 9.68. The van der Waals surface area contributed by atoms with E-state index in [4.69, 9.17) is 28.9 Å². The summed E-state index contributed by atoms with van der Waals surface area (Å²) >= 11 is 15.2. The SMILES string of the molecule is CC1(C)CC(=O)C2=C(C1)N(c1nnc(SCC(=O)c3ccccc3)s1)C(N)=C(C#N)C2c1ccc(Cl)cc1Cl. The van der Waals surface area contributed by atoms with Gasteiger partial charge in [-0.15, -0.1) is 10.2 Å². The number of rotatable bonds is 6. The minimum absolute atomic E-state index is 0.0196. The number of carbonyl (C=O) groups is 2. The van der Waals surface area contributed by atoms with Gasteiger partial charge in [-0.3, -0.25) is 14.5 Å². The molecule has 0 bridgehead atoms. The topological polar surface area (TPSA) is 113 Å². The predicted octanol–water partition coefficient (Wildman–Crippen LogP) is 6.76. The summed E-state index contributed by atoms with van der Waals surface area (Å²) in [5, 5.41) is 20.1. The summed E-state index contributed by atoms with van der Waals surface area (Å²) in [6, 6.07) is 16.3. The number of thioether (sulfide) groups is 1. The number of anilines is 1. The Hall–Kier alpha value is -3.16. The predicted molar refractivity (Wildman–Crippen MR) is 155 cm³/mol. The Morgan fingerprint density at radius 2 is 1.95 bits per heavy atom. The number of halogens is 2. The molecule has 0 radical (unpaired) electrons. The molecule has 1 aromatic heterocycles. The number of aromatic nitrogens is 2. The number of hydrogen-bond donors (Lipinski definition) is 1. The van der Waals surface area contributed by atoms with Crippen LogP contribution in [0, 0.1) is 16.7 Å². The highest BCUT2D eigenvalue weighted by Gasteiger charge is 2.46. The summed E-state index contributed by atoms with van der Waals surface area (Å²) in [7, 11) is 0. The standard InChI is InChI=1S/C28H23Cl2N5O2S2/c1-28(2)11-20-24(21(36)12-28)23(17-9-8-16(29)10-19(17)30)18(13-31)25(32)35(20)26-33-34-27(39-26)38-14-22(37)15-6-4-3-5-7-15/h3-10,23H,11-12,14,32H2,1-2H3. The van der Waals surface area contributed by atoms with Crippen molar-refractivity contribution in [1.29, 1.82) is 5.26 Å². The Kier molecular flexibility index (Phi) is 7.57. The van der Waals surface area contributed by atoms with Crippen LogP contribution in [0.25, 0.3) is 0 Å². The molecule has 0 saturated carbocycles. The Morgan fingerprint density at radius 3 is 2.64 bits per heavy atom. The van der Waals surface area contributed by atoms with Crippen molar-refractivity contribution in [2.45, 2.75) is 36.9 Å². The van der Waals surface area contributed by atoms with Gasteiger partial charge in [-0.2, -0.15) is 5.26 Å². The van der Waals surface area contributed by atoms with Gasteiger partial charge < -0.3 is 5.73 Å². The van der Waals surface area contributed by atoms with E-state index < -0.39 is 5.92 Å². The number of nitriles is 1. The van der Waals surface area contributed by atoms with Crippen LogP contribution in [0.5, 0.6) is 0 Å². The van der Waals surface area contributed by atoms with Crippen molar-refractivity contribution in [3.8, 4) is 6.07 Å². The summed E-state index contributed by atoms with van der Waals surface area (Å²) in [4.78, 5) is 27.9. The van der Waals surface area contributed by atoms with Crippen molar-refractivity contribution in [3.05, 3.63) is 92.4 Å². The molecule has 198 valence electrons. The molecular formula is C28H23Cl2N5O2S2. The largest absolute Gasteiger partial charge is 0.384 e. The fourth-order valence-corrected chi connectivity index (χ4v) is 7.25. The molecular weight excluding hydrogens is 573 g/mol. The smallest absolute Gasteiger partial charge is 0.219 e. The summed E-state index contributed by atoms with van der Waals surface area (Å²) < 4.78 is 0.576. The van der Waals surface area contributed by atoms with E-state index >= 15 is 0 Å². The van der Waals surface area contributed by atoms with Crippen LogP contribution in [0.4, 0.5) is 5.13 Å². The van der Waals surface area contributed by atoms with Crippen LogP contribution in [-0.4, -0.2) is 27.5 Å². The molecule has 0 spiro atoms. The van der Waals surface area contributed by atoms with E-state index in [9.17, 15) is 14.9 Å². The zero-order chi connectivity index (χ0) is 27.9. The third kappa shape index (κ3) is 5.35. The first kappa shape index (κ1) is 27.4. The third-order valence-corrected chi connectivity index (χ3v) is 9.27. The molecule has 0 amide bonds. The molecule has 0 fully saturated rings. The number of hydrogen-bond acceptors (Lipinski definition) is 9. The fraction of sp³-hybridized carbons (Fsp3) is 0.250. The van der Waals surface area contributed by atoms with Gasteiger partial charge >= 0.3 is 0 Å². The van der Waals surface area contributed by atoms with Crippen LogP contribution in [-0.2, 0) is 4.79 Å². The van der Waals surface area contributed by atoms with Crippen LogP contribution in [0.15, 0.2) is 75.5 Å². The van der Waals surface area contributed by atoms with Crippen molar-refractivity contribution < 1.29 is 9.59 Å². The molecule has 1 aliphatic heterocycles. The first-order valence-corrected chi connectivity index (χ1v) is 14.6. The second-order valence-electron chi connectivity index (χ2n) is 10.1. The van der Waals surface area contributed by atoms with Crippen molar-refractivity contribution in [3.63, 3.8) is 0 Å². The summed E-state index contributed by atoms with van der Waals surface area (Å²) in [6.07, 6.45) is 0.850. The first-order chi connectivity index (χ1) is 18.6. The van der Waals surface area contributed by atoms with Gasteiger partial charge in [0.1, 0.15) is 5.82 Å². The highest BCUT2D eigenvalue weighted by molar-refractivity contribution is 8.01. The molecule has 2 aliphatic rings. The molecule has 5 rings (SSSR count). The average Bonchev–Trinajstić information content (AvgIpc) is 3.35. The van der Waals surface area contributed by atoms with Crippen molar-refractivity contribution in [2.24, 2.45) is 11.1 Å². The molecule has 7 nitrogen and oxygen atoms in total. The number of benzene rings is 2. The Balaban J connectivity index is 1.55. The summed E-state index contributed by atoms with van der Waals surface area (Å²) in [6.45, 7) is 4.04. The number of ketones is 2. The molecule has 1 atom stereocenters. The zero-order valence-corrected chi connectivity index (χ0v) is 24.2. The Bertz CT molecular complexity index is 1590. The van der Waals surface area contributed by atoms with Gasteiger partial charge in [-0.05, 0) is 29.5 Å². The molecule has 3 aromatic rings. The molecule has 1 aliphatic carbocycles. The highest BCUT2D eigenvalue weighted by atomic mass is 35.5. The van der Waals surface area contributed by atoms with Crippen LogP contribution in [0.1, 0.15) is 48.5 Å². The monoisotopic (exact) mass is 595 g/mol. The quantitative estimate of drug-likeness (QED) is 0.245. The van der Waals surface area contributed by atoms with Gasteiger partial charge in [0.25, 0.3) is 0 Å². The summed E-state index contributed by atoms with van der Waals surface area (Å²) in [5.41, 5.74) is 8.91. The molecule has 2 heterocycles. The van der Waals surface area contributed by atoms with Crippen LogP contribution >= 0.6 is 46.3 Å². The van der Waals surface area contributed by atoms with Crippen molar-refractivity contribution in [1.82, 2.24) is 10.2 Å². The van der Waals surface area contributed by atoms with E-state index in [1.165, 1.54) is 23.1 Å². The van der Waals surface area contributed by atoms with Gasteiger partial charge in [0, 0.05) is 33.3 Å². The second-order valence-corrected chi connectivity index (χ2v) is 13.1. The molecule has 0 saturated heterocycles. The van der Waals surface area contributed by atoms with E-state index in [2.05, 4.69) is 16.3 Å². The van der Waals surface area contributed by atoms with E-state index in [-0.39, 0.29) is 34.1 Å². The zero-order valence-electron chi connectivity index (χ0n) is 21.1. The van der Waals surface area contributed by atoms with Gasteiger partial charge in [-0.25, -0.2) is 0 Å². The summed E-state index contributed by atoms with van der Waals surface area (Å²) in [5.74, 6) is -0.445. The normalized spacial score (nSPS) is 18.7. The molecule has 2 aromatic carbocycles. The molecule has 2 N–H and O–H groups in total. The minimum atomic E-state index is -0.722. The van der Waals surface area contributed by atoms with Gasteiger partial charge in [0.15, 0.2) is 15.9 Å². The van der Waals surface area contributed by atoms with Gasteiger partial charge in [-0.1, -0.05) is 96.5 Å². The minimum Gasteiger partial charge on any atom is -0.384 e. The third-order valence-electron chi connectivity index (χ3n) is 6.66. The van der Waals surface area contributed by atoms with Crippen LogP contribution < -0.4 is 10.6 Å². The van der Waals surface area contributed by atoms with Crippen LogP contribution in [0.2, 0.25) is 10.0 Å². The maximum absolute atomic E-state index is 13.7. The number of allylic oxidation sites excluding steroid dienone is 3. The maximum Gasteiger partial charge on any atom is 0.219 e. The van der Waals surface area contributed by atoms with Crippen molar-refractivity contribution >= 4 is 63.0 Å². The number of Topliss-reactive ketones (excluding diaryl/α,β-unsaturated/α-hetero) is 2. The fourth-order valence-electron chi connectivity index (χ4n) is 4.96. The van der Waals surface area contributed by atoms with Crippen LogP contribution in [0.3, 0.4) is 0 Å². The molecule has 39 heavy (non-hydrogen) atoms. The lowest BCUT2D eigenvalue weighted by Gasteiger charge is -2.42. The average molecular weight is 597 g/mol. The Morgan fingerprint density at radius 1 is 1.21 bits per heavy atom. The van der Waals surface area contributed by atoms with Gasteiger partial charge in [0.05, 0.1) is 23.3 Å². The highest BCUT2D eigenvalue weighted by Crippen LogP contribution is 2.51. The van der Waals surface area contributed by atoms with E-state index in [1.807, 2.05) is 32.0 Å². The van der Waals surface area contributed by atoms with E-state index in [1.54, 1.807) is 35.2 Å². The maximum atomic E-state index is 13.7. The van der Waals surface area contributed by atoms with Gasteiger partial charge in [0.2, 0.25) is 5.13 Å². The number of nitrogens with two attached hydrogens (primary N) is 1. The number of nitrogens with zero attached hydrogens (tertiary/aromatic N) is 4. The lowest BCUT2D eigenvalue weighted by Crippen LogP contribution is -2.42. The van der Waals surface area contributed by atoms with E-state index in [0.717, 1.165) is 0 Å². The Labute approximate surface area is 244 Å². The van der Waals surface area contributed by atoms with E-state index in [0.29, 0.717) is 54.8 Å². The number of carbonyl (C=O) groups excluding carboxylic acids is 2. The lowest BCUT2D eigenvalue weighted by molar-refractivity contribution is -0.118. The van der Waals surface area contributed by atoms with Crippen molar-refractivity contribution in [2.75, 3.05) is 10.7 Å².